The van der Waals surface area contributed by atoms with Crippen LogP contribution in [0.1, 0.15) is 102 Å². The fourth-order valence-electron chi connectivity index (χ4n) is 14.8. The fourth-order valence-corrected chi connectivity index (χ4v) is 18.8. The molecule has 0 radical (unpaired) electrons. The van der Waals surface area contributed by atoms with Crippen LogP contribution in [0.4, 0.5) is 5.69 Å². The number of aryl methyl sites for hydroxylation is 1. The summed E-state index contributed by atoms with van der Waals surface area (Å²) in [6.45, 7) is 24.4. The maximum Gasteiger partial charge on any atom is 0.488 e. The largest absolute Gasteiger partial charge is 0.488 e. The van der Waals surface area contributed by atoms with Crippen molar-refractivity contribution < 1.29 is 29.7 Å². The van der Waals surface area contributed by atoms with Crippen LogP contribution < -0.4 is 46.7 Å². The Morgan fingerprint density at radius 1 is 0.640 bits per heavy atom. The van der Waals surface area contributed by atoms with Crippen LogP contribution in [0.2, 0.25) is 13.1 Å². The molecule has 11 rings (SSSR count). The first-order valence-electron chi connectivity index (χ1n) is 32.0. The molecule has 3 aliphatic heterocycles. The highest BCUT2D eigenvalue weighted by molar-refractivity contribution is 7.02. The van der Waals surface area contributed by atoms with Crippen LogP contribution in [0, 0.1) is 6.92 Å². The topological polar surface area (TPSA) is 140 Å². The van der Waals surface area contributed by atoms with Crippen molar-refractivity contribution in [1.82, 2.24) is 19.7 Å². The van der Waals surface area contributed by atoms with Gasteiger partial charge >= 0.3 is 14.2 Å². The molecule has 0 spiro atoms. The molecule has 0 unspecified atom stereocenters. The summed E-state index contributed by atoms with van der Waals surface area (Å²) >= 11 is 0. The third-order valence-electron chi connectivity index (χ3n) is 19.3. The molecule has 1 amide bonds. The van der Waals surface area contributed by atoms with Crippen molar-refractivity contribution >= 4 is 88.1 Å². The van der Waals surface area contributed by atoms with E-state index in [4.69, 9.17) is 0 Å². The van der Waals surface area contributed by atoms with Gasteiger partial charge in [0.2, 0.25) is 11.3 Å². The molecule has 0 saturated carbocycles. The highest BCUT2D eigenvalue weighted by Crippen LogP contribution is 2.40. The van der Waals surface area contributed by atoms with Crippen LogP contribution in [0.25, 0.3) is 38.2 Å². The molecule has 8 aromatic carbocycles. The lowest BCUT2D eigenvalue weighted by atomic mass is 9.77. The van der Waals surface area contributed by atoms with Gasteiger partial charge < -0.3 is 30.3 Å². The summed E-state index contributed by atoms with van der Waals surface area (Å²) < 4.78 is 2.47. The summed E-state index contributed by atoms with van der Waals surface area (Å²) in [6, 6.07) is 47.3. The predicted octanol–water partition coefficient (Wildman–Crippen LogP) is 7.56. The fraction of sp³-hybridized carbons (Fsp3) is 0.320. The van der Waals surface area contributed by atoms with E-state index in [0.717, 1.165) is 100 Å². The second-order valence-corrected chi connectivity index (χ2v) is 30.2. The SMILES string of the molecule is C=C(C)C(=O)CCCCN(Cc1ccccc1B(O)O)Cc1c2ccccc2c(CN(CCCNC(=O)C(=C)C)Cc2ccccc2B(O)O)c2ccc(-c3ccc(C)c(C4=c5ccc6c(c5[Si](C)(C)c5c4ccc4c5CCCN4C)CCC[N+]=6C)c3)cc12. The standard InChI is InChI=1S/C75H85B2N5O6Si/c1-49(2)71(83)29-16-17-41-81(45-54-21-10-14-27-67(54)76(85)86)48-66-57-24-13-12-23-56(57)65(47-82(42-20-38-78-75(84)50(3)4)46-55-22-11-15-28-68(55)77(87)88)58-33-32-53(44-64(58)66)52-31-30-51(5)63(43-52)72-61-34-36-69-59(25-18-39-79(69)6)73(61)89(8,9)74-60-26-19-40-80(7)70(60)37-35-62(72)74/h10-15,21-24,27-28,30-37,43-44,85-88H,1,3,16-20,25-26,29,38-42,45-48H2,2,4-9H3/p+1. The quantitative estimate of drug-likeness (QED) is 0.0145. The molecule has 14 heteroatoms. The van der Waals surface area contributed by atoms with Gasteiger partial charge in [-0.2, -0.15) is 0 Å². The van der Waals surface area contributed by atoms with E-state index in [1.807, 2.05) is 36.4 Å². The molecule has 0 aliphatic carbocycles. The van der Waals surface area contributed by atoms with Gasteiger partial charge in [-0.15, -0.1) is 0 Å². The Labute approximate surface area is 527 Å². The number of benzene rings is 8. The summed E-state index contributed by atoms with van der Waals surface area (Å²) in [5.41, 5.74) is 17.6. The number of hydrogen-bond acceptors (Lipinski definition) is 9. The number of Topliss-reactive ketones (excluding diaryl/α,β-unsaturated/α-hetero) is 1. The molecular formula is C75H86B2N5O6Si+. The molecule has 3 aliphatic rings. The third-order valence-corrected chi connectivity index (χ3v) is 22.9. The molecule has 89 heavy (non-hydrogen) atoms. The van der Waals surface area contributed by atoms with E-state index in [9.17, 15) is 29.7 Å². The summed E-state index contributed by atoms with van der Waals surface area (Å²) in [6.07, 6.45) is 6.91. The lowest BCUT2D eigenvalue weighted by Gasteiger charge is -2.40. The number of unbranched alkanes of at least 4 members (excludes halogenated alkanes) is 1. The van der Waals surface area contributed by atoms with E-state index in [0.29, 0.717) is 87.1 Å². The van der Waals surface area contributed by atoms with E-state index < -0.39 is 22.3 Å². The van der Waals surface area contributed by atoms with Gasteiger partial charge in [-0.3, -0.25) is 19.4 Å². The second-order valence-electron chi connectivity index (χ2n) is 25.9. The van der Waals surface area contributed by atoms with Crippen LogP contribution in [0.15, 0.2) is 158 Å². The third kappa shape index (κ3) is 13.0. The van der Waals surface area contributed by atoms with E-state index in [2.05, 4.69) is 157 Å². The minimum Gasteiger partial charge on any atom is -0.423 e. The van der Waals surface area contributed by atoms with Crippen molar-refractivity contribution in [3.63, 3.8) is 0 Å². The first-order chi connectivity index (χ1) is 42.8. The minimum atomic E-state index is -2.28. The zero-order chi connectivity index (χ0) is 62.8. The van der Waals surface area contributed by atoms with Gasteiger partial charge in [0.25, 0.3) is 0 Å². The van der Waals surface area contributed by atoms with Gasteiger partial charge in [-0.05, 0) is 205 Å². The number of ketones is 1. The maximum atomic E-state index is 12.9. The molecule has 0 saturated heterocycles. The Kier molecular flexibility index (Phi) is 19.1. The molecule has 0 bridgehead atoms. The van der Waals surface area contributed by atoms with Gasteiger partial charge in [0.1, 0.15) is 21.7 Å². The summed E-state index contributed by atoms with van der Waals surface area (Å²) in [5.74, 6) is -0.124. The molecule has 0 atom stereocenters. The number of rotatable bonds is 23. The number of amides is 1. The van der Waals surface area contributed by atoms with Crippen molar-refractivity contribution in [3.05, 3.63) is 218 Å². The highest BCUT2D eigenvalue weighted by atomic mass is 28.3. The molecule has 0 aromatic heterocycles. The molecular weight excluding hydrogens is 1120 g/mol. The number of nitrogens with zero attached hydrogens (tertiary/aromatic N) is 4. The van der Waals surface area contributed by atoms with Crippen molar-refractivity contribution in [2.75, 3.05) is 51.7 Å². The number of carbonyl (C=O) groups is 2. The molecule has 456 valence electrons. The Morgan fingerprint density at radius 3 is 1.89 bits per heavy atom. The van der Waals surface area contributed by atoms with Gasteiger partial charge in [-0.25, -0.2) is 4.58 Å². The lowest BCUT2D eigenvalue weighted by Crippen LogP contribution is -2.67. The maximum absolute atomic E-state index is 12.9. The second kappa shape index (κ2) is 26.9. The van der Waals surface area contributed by atoms with Crippen LogP contribution in [-0.2, 0) is 48.6 Å². The van der Waals surface area contributed by atoms with Crippen molar-refractivity contribution in [2.45, 2.75) is 111 Å². The Bertz CT molecular complexity index is 4240. The highest BCUT2D eigenvalue weighted by Gasteiger charge is 2.42. The van der Waals surface area contributed by atoms with Crippen molar-refractivity contribution in [1.29, 1.82) is 0 Å². The molecule has 8 aromatic rings. The normalized spacial score (nSPS) is 14.2. The Balaban J connectivity index is 1.11. The monoisotopic (exact) mass is 1200 g/mol. The zero-order valence-electron chi connectivity index (χ0n) is 53.2. The van der Waals surface area contributed by atoms with Crippen molar-refractivity contribution in [3.8, 4) is 11.1 Å². The van der Waals surface area contributed by atoms with Crippen molar-refractivity contribution in [2.24, 2.45) is 0 Å². The van der Waals surface area contributed by atoms with Crippen LogP contribution in [0.3, 0.4) is 0 Å². The number of carbonyl (C=O) groups excluding carboxylic acids is 2. The molecule has 3 heterocycles. The molecule has 5 N–H and O–H groups in total. The van der Waals surface area contributed by atoms with Crippen LogP contribution in [-0.4, -0.2) is 111 Å². The van der Waals surface area contributed by atoms with E-state index in [1.54, 1.807) is 36.4 Å². The molecule has 11 nitrogen and oxygen atoms in total. The van der Waals surface area contributed by atoms with Gasteiger partial charge in [-0.1, -0.05) is 129 Å². The van der Waals surface area contributed by atoms with Crippen LogP contribution >= 0.6 is 0 Å². The predicted molar refractivity (Wildman–Crippen MR) is 371 cm³/mol. The zero-order valence-corrected chi connectivity index (χ0v) is 54.2. The smallest absolute Gasteiger partial charge is 0.423 e. The van der Waals surface area contributed by atoms with Gasteiger partial charge in [0, 0.05) is 88.6 Å². The summed E-state index contributed by atoms with van der Waals surface area (Å²) in [5, 5.41) is 56.0. The van der Waals surface area contributed by atoms with E-state index in [-0.39, 0.29) is 11.7 Å². The number of hydrogen-bond donors (Lipinski definition) is 5. The summed E-state index contributed by atoms with van der Waals surface area (Å²) in [7, 11) is -1.06. The first-order valence-corrected chi connectivity index (χ1v) is 35.0. The van der Waals surface area contributed by atoms with Crippen LogP contribution in [0.5, 0.6) is 0 Å². The minimum absolute atomic E-state index is 0.0610. The van der Waals surface area contributed by atoms with Gasteiger partial charge in [0.15, 0.2) is 5.78 Å². The van der Waals surface area contributed by atoms with E-state index in [1.165, 1.54) is 49.7 Å². The Hall–Kier alpha value is -7.52. The van der Waals surface area contributed by atoms with Gasteiger partial charge in [0.05, 0.1) is 0 Å². The average Bonchev–Trinajstić information content (AvgIpc) is 0.744. The van der Waals surface area contributed by atoms with E-state index >= 15 is 0 Å². The number of anilines is 1. The lowest BCUT2D eigenvalue weighted by molar-refractivity contribution is -0.117. The number of nitrogens with one attached hydrogen (secondary N) is 1. The molecule has 0 fully saturated rings. The number of allylic oxidation sites excluding steroid dienone is 1. The Morgan fingerprint density at radius 2 is 1.24 bits per heavy atom. The number of fused-ring (bicyclic) bond motifs is 8. The first kappa shape index (κ1) is 63.1. The average molecular weight is 1200 g/mol. The summed E-state index contributed by atoms with van der Waals surface area (Å²) in [4.78, 5) is 32.8.